The van der Waals surface area contributed by atoms with E-state index in [1.807, 2.05) is 26.0 Å². The van der Waals surface area contributed by atoms with E-state index in [0.29, 0.717) is 19.3 Å². The van der Waals surface area contributed by atoms with Gasteiger partial charge in [0.2, 0.25) is 0 Å². The molecule has 0 atom stereocenters. The Morgan fingerprint density at radius 1 is 0.885 bits per heavy atom. The number of rotatable bonds is 0. The van der Waals surface area contributed by atoms with E-state index in [1.165, 1.54) is 0 Å². The molecular formula is C20H24Br2N2O2. The fourth-order valence-corrected chi connectivity index (χ4v) is 3.75. The maximum atomic E-state index is 11.6. The van der Waals surface area contributed by atoms with Crippen LogP contribution >= 0.6 is 31.9 Å². The lowest BCUT2D eigenvalue weighted by Gasteiger charge is -2.15. The van der Waals surface area contributed by atoms with Crippen LogP contribution in [0.5, 0.6) is 0 Å². The molecule has 4 nitrogen and oxygen atoms in total. The van der Waals surface area contributed by atoms with Crippen molar-refractivity contribution in [3.63, 3.8) is 0 Å². The van der Waals surface area contributed by atoms with Gasteiger partial charge in [-0.3, -0.25) is 19.6 Å². The highest BCUT2D eigenvalue weighted by molar-refractivity contribution is 9.10. The lowest BCUT2D eigenvalue weighted by molar-refractivity contribution is -0.122. The first-order chi connectivity index (χ1) is 11.3. The molecule has 0 spiro atoms. The Balaban J connectivity index is 0.000000244. The van der Waals surface area contributed by atoms with Gasteiger partial charge in [-0.05, 0) is 69.0 Å². The van der Waals surface area contributed by atoms with Gasteiger partial charge in [0.25, 0.3) is 0 Å². The summed E-state index contributed by atoms with van der Waals surface area (Å²) in [6, 6.07) is 3.95. The molecule has 2 aliphatic carbocycles. The van der Waals surface area contributed by atoms with Gasteiger partial charge in [0.15, 0.2) is 0 Å². The van der Waals surface area contributed by atoms with Crippen LogP contribution in [0.2, 0.25) is 0 Å². The van der Waals surface area contributed by atoms with Crippen molar-refractivity contribution in [3.8, 4) is 0 Å². The number of halogens is 2. The first-order valence-electron chi connectivity index (χ1n) is 7.60. The second kappa shape index (κ2) is 8.53. The second-order valence-corrected chi connectivity index (χ2v) is 8.37. The van der Waals surface area contributed by atoms with Gasteiger partial charge in [0, 0.05) is 40.6 Å². The molecule has 0 aliphatic heterocycles. The Morgan fingerprint density at radius 2 is 1.46 bits per heavy atom. The fourth-order valence-electron chi connectivity index (χ4n) is 2.99. The number of fused-ring (bicyclic) bond motifs is 2. The largest absolute Gasteiger partial charge is 0.299 e. The summed E-state index contributed by atoms with van der Waals surface area (Å²) in [5, 5.41) is 0. The summed E-state index contributed by atoms with van der Waals surface area (Å²) in [5.41, 5.74) is 3.61. The highest BCUT2D eigenvalue weighted by Crippen LogP contribution is 2.34. The highest BCUT2D eigenvalue weighted by atomic mass is 79.9. The zero-order valence-electron chi connectivity index (χ0n) is 13.4. The molecule has 0 aromatic carbocycles. The zero-order valence-corrected chi connectivity index (χ0v) is 16.6. The summed E-state index contributed by atoms with van der Waals surface area (Å²) in [7, 11) is 0. The second-order valence-electron chi connectivity index (χ2n) is 6.54. The maximum Gasteiger partial charge on any atom is 0.148 e. The molecule has 0 saturated heterocycles. The predicted molar refractivity (Wildman–Crippen MR) is 111 cm³/mol. The van der Waals surface area contributed by atoms with E-state index in [2.05, 4.69) is 41.8 Å². The minimum Gasteiger partial charge on any atom is -0.299 e. The molecule has 0 amide bonds. The molecule has 0 N–H and O–H groups in total. The van der Waals surface area contributed by atoms with E-state index in [4.69, 9.17) is 0 Å². The zero-order chi connectivity index (χ0) is 17.5. The number of ketones is 2. The van der Waals surface area contributed by atoms with Crippen LogP contribution in [-0.4, -0.2) is 21.5 Å². The molecule has 0 fully saturated rings. The first-order valence-corrected chi connectivity index (χ1v) is 9.19. The molecule has 0 bridgehead atoms. The normalized spacial score (nSPS) is 15.8. The average Bonchev–Trinajstić information content (AvgIpc) is 2.96. The molecule has 4 rings (SSSR count). The van der Waals surface area contributed by atoms with Crippen molar-refractivity contribution in [1.29, 1.82) is 0 Å². The first kappa shape index (κ1) is 22.6. The molecule has 26 heavy (non-hydrogen) atoms. The van der Waals surface area contributed by atoms with Crippen molar-refractivity contribution in [2.24, 2.45) is 0 Å². The summed E-state index contributed by atoms with van der Waals surface area (Å²) in [6.07, 6.45) is 5.08. The summed E-state index contributed by atoms with van der Waals surface area (Å²) in [6.45, 7) is 3.87. The van der Waals surface area contributed by atoms with Gasteiger partial charge >= 0.3 is 0 Å². The lowest BCUT2D eigenvalue weighted by atomic mass is 9.89. The SMILES string of the molecule is C.C.CC1(C)C(=O)Cc2cc(Br)cnc21.O=C1Cc2cc(Br)cnc2C1. The van der Waals surface area contributed by atoms with Gasteiger partial charge in [-0.15, -0.1) is 0 Å². The van der Waals surface area contributed by atoms with Crippen molar-refractivity contribution >= 4 is 43.4 Å². The van der Waals surface area contributed by atoms with Gasteiger partial charge in [-0.1, -0.05) is 14.9 Å². The minimum atomic E-state index is -0.393. The van der Waals surface area contributed by atoms with Crippen LogP contribution in [0, 0.1) is 0 Å². The smallest absolute Gasteiger partial charge is 0.148 e. The van der Waals surface area contributed by atoms with E-state index in [0.717, 1.165) is 31.5 Å². The van der Waals surface area contributed by atoms with Crippen molar-refractivity contribution in [2.45, 2.75) is 53.4 Å². The van der Waals surface area contributed by atoms with Gasteiger partial charge in [0.05, 0.1) is 16.8 Å². The van der Waals surface area contributed by atoms with Crippen molar-refractivity contribution in [2.75, 3.05) is 0 Å². The Morgan fingerprint density at radius 3 is 2.12 bits per heavy atom. The summed E-state index contributed by atoms with van der Waals surface area (Å²) >= 11 is 6.66. The fraction of sp³-hybridized carbons (Fsp3) is 0.400. The molecule has 6 heteroatoms. The summed E-state index contributed by atoms with van der Waals surface area (Å²) < 4.78 is 1.89. The summed E-state index contributed by atoms with van der Waals surface area (Å²) in [5.74, 6) is 0.527. The molecule has 2 aromatic heterocycles. The molecular weight excluding hydrogens is 460 g/mol. The van der Waals surface area contributed by atoms with E-state index in [-0.39, 0.29) is 26.4 Å². The maximum absolute atomic E-state index is 11.6. The van der Waals surface area contributed by atoms with Crippen molar-refractivity contribution < 1.29 is 9.59 Å². The number of hydrogen-bond acceptors (Lipinski definition) is 4. The van der Waals surface area contributed by atoms with Crippen molar-refractivity contribution in [1.82, 2.24) is 9.97 Å². The number of Topliss-reactive ketones (excluding diaryl/α,β-unsaturated/α-hetero) is 2. The van der Waals surface area contributed by atoms with E-state index in [9.17, 15) is 9.59 Å². The number of hydrogen-bond donors (Lipinski definition) is 0. The number of aromatic nitrogens is 2. The molecule has 0 unspecified atom stereocenters. The molecule has 0 radical (unpaired) electrons. The third-order valence-electron chi connectivity index (χ3n) is 4.35. The average molecular weight is 484 g/mol. The van der Waals surface area contributed by atoms with Gasteiger partial charge in [0.1, 0.15) is 11.6 Å². The molecule has 140 valence electrons. The highest BCUT2D eigenvalue weighted by Gasteiger charge is 2.39. The predicted octanol–water partition coefficient (Wildman–Crippen LogP) is 5.03. The Kier molecular flexibility index (Phi) is 7.42. The Bertz CT molecular complexity index is 848. The Labute approximate surface area is 172 Å². The number of carbonyl (C=O) groups excluding carboxylic acids is 2. The topological polar surface area (TPSA) is 59.9 Å². The van der Waals surface area contributed by atoms with Crippen LogP contribution in [0.4, 0.5) is 0 Å². The third-order valence-corrected chi connectivity index (χ3v) is 5.22. The molecule has 0 saturated carbocycles. The monoisotopic (exact) mass is 482 g/mol. The van der Waals surface area contributed by atoms with Crippen LogP contribution in [0.3, 0.4) is 0 Å². The van der Waals surface area contributed by atoms with Crippen molar-refractivity contribution in [3.05, 3.63) is 56.0 Å². The van der Waals surface area contributed by atoms with E-state index < -0.39 is 5.41 Å². The van der Waals surface area contributed by atoms with E-state index in [1.54, 1.807) is 12.4 Å². The van der Waals surface area contributed by atoms with Gasteiger partial charge in [-0.2, -0.15) is 0 Å². The number of carbonyl (C=O) groups is 2. The van der Waals surface area contributed by atoms with Crippen LogP contribution in [0.1, 0.15) is 51.2 Å². The standard InChI is InChI=1S/C10H10BrNO.C8H6BrNO.2CH4/c1-10(2)8(13)4-6-3-7(11)5-12-9(6)10;9-6-1-5-2-7(11)3-8(5)10-4-6;;/h3,5H,4H2,1-2H3;1,4H,2-3H2;2*1H4. The van der Waals surface area contributed by atoms with Gasteiger partial charge in [-0.25, -0.2) is 0 Å². The molecule has 2 aromatic rings. The third kappa shape index (κ3) is 4.46. The van der Waals surface area contributed by atoms with Crippen LogP contribution < -0.4 is 0 Å². The number of nitrogens with zero attached hydrogens (tertiary/aromatic N) is 2. The quantitative estimate of drug-likeness (QED) is 0.527. The van der Waals surface area contributed by atoms with Crippen LogP contribution in [0.25, 0.3) is 0 Å². The lowest BCUT2D eigenvalue weighted by Crippen LogP contribution is -2.24. The Hall–Kier alpha value is -1.40. The van der Waals surface area contributed by atoms with E-state index >= 15 is 0 Å². The molecule has 2 aliphatic rings. The summed E-state index contributed by atoms with van der Waals surface area (Å²) in [4.78, 5) is 31.0. The van der Waals surface area contributed by atoms with Crippen LogP contribution in [-0.2, 0) is 34.3 Å². The molecule has 2 heterocycles. The minimum absolute atomic E-state index is 0. The van der Waals surface area contributed by atoms with Crippen LogP contribution in [0.15, 0.2) is 33.5 Å². The van der Waals surface area contributed by atoms with Gasteiger partial charge < -0.3 is 0 Å². The number of pyridine rings is 2.